The van der Waals surface area contributed by atoms with Crippen molar-refractivity contribution in [3.8, 4) is 0 Å². The zero-order valence-electron chi connectivity index (χ0n) is 8.40. The van der Waals surface area contributed by atoms with Gasteiger partial charge < -0.3 is 25.6 Å². The predicted molar refractivity (Wildman–Crippen MR) is 51.3 cm³/mol. The third-order valence-corrected chi connectivity index (χ3v) is 1.30. The molecule has 0 unspecified atom stereocenters. The van der Waals surface area contributed by atoms with Gasteiger partial charge >= 0.3 is 5.97 Å². The van der Waals surface area contributed by atoms with Crippen LogP contribution in [0.15, 0.2) is 0 Å². The summed E-state index contributed by atoms with van der Waals surface area (Å²) in [6.07, 6.45) is 0. The van der Waals surface area contributed by atoms with Gasteiger partial charge in [-0.15, -0.1) is 0 Å². The number of carboxylic acids is 1. The monoisotopic (exact) mass is 220 g/mol. The molecule has 88 valence electrons. The van der Waals surface area contributed by atoms with Crippen molar-refractivity contribution in [2.75, 3.05) is 39.5 Å². The molecule has 7 heteroatoms. The molecule has 4 N–H and O–H groups in total. The SMILES string of the molecule is NCCOCCOCC(=O)NCC(=O)O. The molecular weight excluding hydrogens is 204 g/mol. The second-order valence-electron chi connectivity index (χ2n) is 2.62. The van der Waals surface area contributed by atoms with Crippen LogP contribution in [0, 0.1) is 0 Å². The number of hydrogen-bond acceptors (Lipinski definition) is 5. The Morgan fingerprint density at radius 1 is 1.20 bits per heavy atom. The van der Waals surface area contributed by atoms with Gasteiger partial charge in [0.1, 0.15) is 13.2 Å². The van der Waals surface area contributed by atoms with Crippen LogP contribution < -0.4 is 11.1 Å². The molecule has 0 aromatic rings. The molecule has 0 bridgehead atoms. The highest BCUT2D eigenvalue weighted by Crippen LogP contribution is 1.78. The first kappa shape index (κ1) is 13.8. The number of carbonyl (C=O) groups is 2. The predicted octanol–water partition coefficient (Wildman–Crippen LogP) is -1.82. The van der Waals surface area contributed by atoms with Crippen molar-refractivity contribution >= 4 is 11.9 Å². The van der Waals surface area contributed by atoms with Crippen LogP contribution in [0.1, 0.15) is 0 Å². The molecule has 0 radical (unpaired) electrons. The number of hydrogen-bond donors (Lipinski definition) is 3. The molecule has 1 amide bonds. The van der Waals surface area contributed by atoms with E-state index in [9.17, 15) is 9.59 Å². The van der Waals surface area contributed by atoms with E-state index in [0.717, 1.165) is 0 Å². The second-order valence-corrected chi connectivity index (χ2v) is 2.62. The fourth-order valence-corrected chi connectivity index (χ4v) is 0.693. The van der Waals surface area contributed by atoms with Crippen molar-refractivity contribution in [2.45, 2.75) is 0 Å². The highest BCUT2D eigenvalue weighted by Gasteiger charge is 2.02. The maximum absolute atomic E-state index is 10.9. The molecule has 0 heterocycles. The number of aliphatic carboxylic acids is 1. The van der Waals surface area contributed by atoms with E-state index in [2.05, 4.69) is 5.32 Å². The molecule has 0 rings (SSSR count). The summed E-state index contributed by atoms with van der Waals surface area (Å²) in [4.78, 5) is 20.9. The van der Waals surface area contributed by atoms with Gasteiger partial charge in [0, 0.05) is 6.54 Å². The van der Waals surface area contributed by atoms with Crippen molar-refractivity contribution in [3.05, 3.63) is 0 Å². The molecule has 0 aliphatic heterocycles. The van der Waals surface area contributed by atoms with E-state index >= 15 is 0 Å². The topological polar surface area (TPSA) is 111 Å². The number of rotatable bonds is 9. The van der Waals surface area contributed by atoms with Crippen LogP contribution in [-0.2, 0) is 19.1 Å². The first-order valence-corrected chi connectivity index (χ1v) is 4.51. The van der Waals surface area contributed by atoms with Crippen LogP contribution in [0.25, 0.3) is 0 Å². The van der Waals surface area contributed by atoms with Gasteiger partial charge in [0.05, 0.1) is 19.8 Å². The number of nitrogens with one attached hydrogen (secondary N) is 1. The van der Waals surface area contributed by atoms with E-state index in [1.165, 1.54) is 0 Å². The minimum absolute atomic E-state index is 0.167. The molecule has 0 spiro atoms. The Bertz CT molecular complexity index is 197. The molecule has 7 nitrogen and oxygen atoms in total. The Morgan fingerprint density at radius 3 is 2.47 bits per heavy atom. The van der Waals surface area contributed by atoms with Gasteiger partial charge in [0.25, 0.3) is 0 Å². The first-order chi connectivity index (χ1) is 7.16. The zero-order chi connectivity index (χ0) is 11.5. The van der Waals surface area contributed by atoms with Crippen molar-refractivity contribution in [3.63, 3.8) is 0 Å². The summed E-state index contributed by atoms with van der Waals surface area (Å²) < 4.78 is 9.89. The van der Waals surface area contributed by atoms with Gasteiger partial charge in [-0.1, -0.05) is 0 Å². The Balaban J connectivity index is 3.20. The second kappa shape index (κ2) is 9.38. The minimum Gasteiger partial charge on any atom is -0.480 e. The number of amides is 1. The van der Waals surface area contributed by atoms with Crippen LogP contribution in [-0.4, -0.2) is 56.5 Å². The molecule has 0 aromatic heterocycles. The maximum atomic E-state index is 10.9. The van der Waals surface area contributed by atoms with Crippen LogP contribution >= 0.6 is 0 Å². The lowest BCUT2D eigenvalue weighted by atomic mass is 10.5. The highest BCUT2D eigenvalue weighted by atomic mass is 16.5. The van der Waals surface area contributed by atoms with Crippen LogP contribution in [0.3, 0.4) is 0 Å². The molecule has 0 fully saturated rings. The third-order valence-electron chi connectivity index (χ3n) is 1.30. The first-order valence-electron chi connectivity index (χ1n) is 4.51. The highest BCUT2D eigenvalue weighted by molar-refractivity contribution is 5.81. The number of ether oxygens (including phenoxy) is 2. The zero-order valence-corrected chi connectivity index (χ0v) is 8.40. The van der Waals surface area contributed by atoms with Gasteiger partial charge in [-0.25, -0.2) is 0 Å². The Kier molecular flexibility index (Phi) is 8.64. The Hall–Kier alpha value is -1.18. The number of carbonyl (C=O) groups excluding carboxylic acids is 1. The minimum atomic E-state index is -1.09. The maximum Gasteiger partial charge on any atom is 0.322 e. The average Bonchev–Trinajstić information content (AvgIpc) is 2.20. The molecule has 0 saturated carbocycles. The van der Waals surface area contributed by atoms with E-state index in [-0.39, 0.29) is 13.2 Å². The van der Waals surface area contributed by atoms with E-state index in [1.807, 2.05) is 0 Å². The van der Waals surface area contributed by atoms with Crippen LogP contribution in [0.2, 0.25) is 0 Å². The quantitative estimate of drug-likeness (QED) is 0.394. The van der Waals surface area contributed by atoms with Crippen molar-refractivity contribution in [2.24, 2.45) is 5.73 Å². The summed E-state index contributed by atoms with van der Waals surface area (Å²) in [6.45, 7) is 0.975. The lowest BCUT2D eigenvalue weighted by Gasteiger charge is -2.04. The normalized spacial score (nSPS) is 9.93. The molecule has 15 heavy (non-hydrogen) atoms. The molecule has 0 aliphatic rings. The van der Waals surface area contributed by atoms with Gasteiger partial charge in [-0.2, -0.15) is 0 Å². The van der Waals surface area contributed by atoms with E-state index in [0.29, 0.717) is 19.8 Å². The molecule has 0 saturated heterocycles. The summed E-state index contributed by atoms with van der Waals surface area (Å²) in [6, 6.07) is 0. The van der Waals surface area contributed by atoms with Gasteiger partial charge in [-0.3, -0.25) is 9.59 Å². The number of nitrogens with two attached hydrogens (primary N) is 1. The van der Waals surface area contributed by atoms with Gasteiger partial charge in [0.15, 0.2) is 0 Å². The molecule has 0 atom stereocenters. The van der Waals surface area contributed by atoms with Gasteiger partial charge in [-0.05, 0) is 0 Å². The summed E-state index contributed by atoms with van der Waals surface area (Å²) >= 11 is 0. The smallest absolute Gasteiger partial charge is 0.322 e. The number of carboxylic acid groups (broad SMARTS) is 1. The van der Waals surface area contributed by atoms with Crippen molar-refractivity contribution in [1.82, 2.24) is 5.32 Å². The molecule has 0 aliphatic carbocycles. The summed E-state index contributed by atoms with van der Waals surface area (Å²) in [5, 5.41) is 10.4. The largest absolute Gasteiger partial charge is 0.480 e. The summed E-state index contributed by atoms with van der Waals surface area (Å²) in [5.41, 5.74) is 5.17. The van der Waals surface area contributed by atoms with Crippen LogP contribution in [0.5, 0.6) is 0 Å². The van der Waals surface area contributed by atoms with Gasteiger partial charge in [0.2, 0.25) is 5.91 Å². The average molecular weight is 220 g/mol. The Labute approximate surface area is 87.5 Å². The standard InChI is InChI=1S/C8H16N2O5/c9-1-2-14-3-4-15-6-7(11)10-5-8(12)13/h1-6,9H2,(H,10,11)(H,12,13). The lowest BCUT2D eigenvalue weighted by Crippen LogP contribution is -2.32. The fourth-order valence-electron chi connectivity index (χ4n) is 0.693. The van der Waals surface area contributed by atoms with Crippen LogP contribution in [0.4, 0.5) is 0 Å². The Morgan fingerprint density at radius 2 is 1.87 bits per heavy atom. The summed E-state index contributed by atoms with van der Waals surface area (Å²) in [7, 11) is 0. The summed E-state index contributed by atoms with van der Waals surface area (Å²) in [5.74, 6) is -1.55. The van der Waals surface area contributed by atoms with E-state index < -0.39 is 18.4 Å². The van der Waals surface area contributed by atoms with Crippen molar-refractivity contribution in [1.29, 1.82) is 0 Å². The third kappa shape index (κ3) is 10.7. The molecule has 0 aromatic carbocycles. The van der Waals surface area contributed by atoms with Crippen molar-refractivity contribution < 1.29 is 24.2 Å². The fraction of sp³-hybridized carbons (Fsp3) is 0.750. The molecular formula is C8H16N2O5. The van der Waals surface area contributed by atoms with E-state index in [1.54, 1.807) is 0 Å². The lowest BCUT2D eigenvalue weighted by molar-refractivity contribution is -0.138. The van der Waals surface area contributed by atoms with E-state index in [4.69, 9.17) is 20.3 Å².